The van der Waals surface area contributed by atoms with Gasteiger partial charge in [-0.1, -0.05) is 12.1 Å². The van der Waals surface area contributed by atoms with Gasteiger partial charge < -0.3 is 10.3 Å². The van der Waals surface area contributed by atoms with E-state index in [1.54, 1.807) is 0 Å². The molecule has 2 N–H and O–H groups in total. The molecule has 1 aromatic carbocycles. The van der Waals surface area contributed by atoms with Gasteiger partial charge in [0.1, 0.15) is 5.82 Å². The molecule has 0 saturated heterocycles. The second-order valence-corrected chi connectivity index (χ2v) is 5.27. The van der Waals surface area contributed by atoms with Crippen molar-refractivity contribution in [2.24, 2.45) is 5.73 Å². The van der Waals surface area contributed by atoms with Gasteiger partial charge in [-0.25, -0.2) is 4.98 Å². The first-order valence-corrected chi connectivity index (χ1v) is 7.37. The van der Waals surface area contributed by atoms with Gasteiger partial charge in [-0.05, 0) is 44.0 Å². The van der Waals surface area contributed by atoms with E-state index in [0.717, 1.165) is 42.7 Å². The number of rotatable bonds is 5. The average Bonchev–Trinajstić information content (AvgIpc) is 2.95. The van der Waals surface area contributed by atoms with Crippen molar-refractivity contribution in [2.45, 2.75) is 26.3 Å². The fraction of sp³-hybridized carbons (Fsp3) is 0.294. The molecule has 0 radical (unpaired) electrons. The number of unbranched alkanes of at least 4 members (excludes halogenated alkanes) is 1. The van der Waals surface area contributed by atoms with Gasteiger partial charge in [0.2, 0.25) is 0 Å². The Morgan fingerprint density at radius 1 is 1.04 bits per heavy atom. The molecule has 6 heteroatoms. The number of fused-ring (bicyclic) bond motifs is 1. The van der Waals surface area contributed by atoms with E-state index >= 15 is 0 Å². The second kappa shape index (κ2) is 8.87. The van der Waals surface area contributed by atoms with E-state index in [0.29, 0.717) is 0 Å². The number of hydrogen-bond acceptors (Lipinski definition) is 3. The van der Waals surface area contributed by atoms with Crippen LogP contribution in [0.3, 0.4) is 0 Å². The summed E-state index contributed by atoms with van der Waals surface area (Å²) in [6, 6.07) is 8.27. The topological polar surface area (TPSA) is 56.7 Å². The Balaban J connectivity index is 0.00000132. The largest absolute Gasteiger partial charge is 0.331 e. The molecular formula is C17H22Cl2N4. The summed E-state index contributed by atoms with van der Waals surface area (Å²) in [6.45, 7) is 3.81. The molecule has 0 aliphatic rings. The van der Waals surface area contributed by atoms with Gasteiger partial charge in [0, 0.05) is 36.1 Å². The molecule has 0 atom stereocenters. The van der Waals surface area contributed by atoms with Gasteiger partial charge in [-0.3, -0.25) is 4.98 Å². The maximum atomic E-state index is 5.58. The number of nitrogens with zero attached hydrogens (tertiary/aromatic N) is 3. The normalized spacial score (nSPS) is 10.2. The third-order valence-electron chi connectivity index (χ3n) is 3.79. The molecule has 0 spiro atoms. The lowest BCUT2D eigenvalue weighted by Gasteiger charge is -2.12. The highest BCUT2D eigenvalue weighted by Crippen LogP contribution is 2.30. The van der Waals surface area contributed by atoms with Crippen molar-refractivity contribution < 1.29 is 0 Å². The van der Waals surface area contributed by atoms with E-state index in [4.69, 9.17) is 5.73 Å². The highest BCUT2D eigenvalue weighted by Gasteiger charge is 2.12. The molecule has 0 amide bonds. The molecule has 124 valence electrons. The molecule has 0 bridgehead atoms. The number of imidazole rings is 1. The third-order valence-corrected chi connectivity index (χ3v) is 3.79. The first-order valence-electron chi connectivity index (χ1n) is 7.37. The lowest BCUT2D eigenvalue weighted by Crippen LogP contribution is -2.04. The summed E-state index contributed by atoms with van der Waals surface area (Å²) in [4.78, 5) is 9.02. The Labute approximate surface area is 148 Å². The summed E-state index contributed by atoms with van der Waals surface area (Å²) in [5.74, 6) is 1.02. The predicted molar refractivity (Wildman–Crippen MR) is 100 cm³/mol. The Morgan fingerprint density at radius 3 is 2.65 bits per heavy atom. The van der Waals surface area contributed by atoms with E-state index in [1.165, 1.54) is 11.1 Å². The van der Waals surface area contributed by atoms with E-state index in [-0.39, 0.29) is 24.8 Å². The predicted octanol–water partition coefficient (Wildman–Crippen LogP) is 3.99. The van der Waals surface area contributed by atoms with Gasteiger partial charge in [0.15, 0.2) is 0 Å². The van der Waals surface area contributed by atoms with Crippen LogP contribution >= 0.6 is 24.8 Å². The smallest absolute Gasteiger partial charge is 0.140 e. The lowest BCUT2D eigenvalue weighted by atomic mass is 10.0. The molecule has 0 unspecified atom stereocenters. The monoisotopic (exact) mass is 352 g/mol. The van der Waals surface area contributed by atoms with Crippen molar-refractivity contribution in [3.63, 3.8) is 0 Å². The highest BCUT2D eigenvalue weighted by molar-refractivity contribution is 5.94. The molecule has 3 aromatic rings. The summed E-state index contributed by atoms with van der Waals surface area (Å²) < 4.78 is 2.21. The standard InChI is InChI=1S/C17H20N4.2ClH/c1-13-6-7-15-14(5-4-9-19-15)16(13)17-20-10-12-21(17)11-3-2-8-18;;/h4-7,9-10,12H,2-3,8,11,18H2,1H3;2*1H. The van der Waals surface area contributed by atoms with Crippen LogP contribution in [-0.4, -0.2) is 21.1 Å². The fourth-order valence-corrected chi connectivity index (χ4v) is 2.70. The van der Waals surface area contributed by atoms with Crippen molar-refractivity contribution >= 4 is 35.7 Å². The summed E-state index contributed by atoms with van der Waals surface area (Å²) in [7, 11) is 0. The maximum absolute atomic E-state index is 5.58. The second-order valence-electron chi connectivity index (χ2n) is 5.27. The first kappa shape index (κ1) is 19.4. The van der Waals surface area contributed by atoms with Crippen molar-refractivity contribution in [3.8, 4) is 11.4 Å². The molecule has 0 fully saturated rings. The van der Waals surface area contributed by atoms with Gasteiger partial charge in [0.05, 0.1) is 5.52 Å². The molecule has 0 aliphatic carbocycles. The lowest BCUT2D eigenvalue weighted by molar-refractivity contribution is 0.619. The highest BCUT2D eigenvalue weighted by atomic mass is 35.5. The molecule has 4 nitrogen and oxygen atoms in total. The number of halogens is 2. The van der Waals surface area contributed by atoms with E-state index in [1.807, 2.05) is 24.7 Å². The van der Waals surface area contributed by atoms with Crippen molar-refractivity contribution in [1.29, 1.82) is 0 Å². The van der Waals surface area contributed by atoms with Gasteiger partial charge >= 0.3 is 0 Å². The Hall–Kier alpha value is -1.62. The van der Waals surface area contributed by atoms with Crippen LogP contribution in [0.2, 0.25) is 0 Å². The summed E-state index contributed by atoms with van der Waals surface area (Å²) in [6.07, 6.45) is 7.84. The number of pyridine rings is 1. The van der Waals surface area contributed by atoms with Crippen LogP contribution in [0.1, 0.15) is 18.4 Å². The first-order chi connectivity index (χ1) is 10.3. The van der Waals surface area contributed by atoms with Crippen molar-refractivity contribution in [3.05, 3.63) is 48.4 Å². The maximum Gasteiger partial charge on any atom is 0.140 e. The molecule has 2 aromatic heterocycles. The van der Waals surface area contributed by atoms with Crippen LogP contribution < -0.4 is 5.73 Å². The number of benzene rings is 1. The van der Waals surface area contributed by atoms with E-state index in [2.05, 4.69) is 39.7 Å². The van der Waals surface area contributed by atoms with Crippen LogP contribution in [0.15, 0.2) is 42.9 Å². The van der Waals surface area contributed by atoms with E-state index < -0.39 is 0 Å². The zero-order valence-electron chi connectivity index (χ0n) is 13.1. The number of aromatic nitrogens is 3. The zero-order valence-corrected chi connectivity index (χ0v) is 14.7. The van der Waals surface area contributed by atoms with Crippen molar-refractivity contribution in [1.82, 2.24) is 14.5 Å². The zero-order chi connectivity index (χ0) is 14.7. The summed E-state index contributed by atoms with van der Waals surface area (Å²) in [5.41, 5.74) is 8.99. The molecule has 2 heterocycles. The average molecular weight is 353 g/mol. The minimum Gasteiger partial charge on any atom is -0.331 e. The molecule has 3 rings (SSSR count). The SMILES string of the molecule is Cc1ccc2ncccc2c1-c1nccn1CCCCN.Cl.Cl. The Morgan fingerprint density at radius 2 is 1.87 bits per heavy atom. The van der Waals surface area contributed by atoms with E-state index in [9.17, 15) is 0 Å². The summed E-state index contributed by atoms with van der Waals surface area (Å²) >= 11 is 0. The van der Waals surface area contributed by atoms with Gasteiger partial charge in [-0.15, -0.1) is 24.8 Å². The fourth-order valence-electron chi connectivity index (χ4n) is 2.70. The van der Waals surface area contributed by atoms with Gasteiger partial charge in [0.25, 0.3) is 0 Å². The minimum absolute atomic E-state index is 0. The molecule has 23 heavy (non-hydrogen) atoms. The van der Waals surface area contributed by atoms with Crippen LogP contribution in [0, 0.1) is 6.92 Å². The minimum atomic E-state index is 0. The van der Waals surface area contributed by atoms with Crippen LogP contribution in [0.5, 0.6) is 0 Å². The number of aryl methyl sites for hydroxylation is 2. The molecular weight excluding hydrogens is 331 g/mol. The number of nitrogens with two attached hydrogens (primary N) is 1. The summed E-state index contributed by atoms with van der Waals surface area (Å²) in [5, 5.41) is 1.16. The number of hydrogen-bond donors (Lipinski definition) is 1. The van der Waals surface area contributed by atoms with Gasteiger partial charge in [-0.2, -0.15) is 0 Å². The van der Waals surface area contributed by atoms with Crippen LogP contribution in [-0.2, 0) is 6.54 Å². The van der Waals surface area contributed by atoms with Crippen LogP contribution in [0.25, 0.3) is 22.3 Å². The molecule has 0 saturated carbocycles. The Kier molecular flexibility index (Phi) is 7.49. The Bertz CT molecular complexity index is 755. The third kappa shape index (κ3) is 4.02. The van der Waals surface area contributed by atoms with Crippen LogP contribution in [0.4, 0.5) is 0 Å². The molecule has 0 aliphatic heterocycles. The quantitative estimate of drug-likeness (QED) is 0.706. The van der Waals surface area contributed by atoms with Crippen molar-refractivity contribution in [2.75, 3.05) is 6.54 Å².